The van der Waals surface area contributed by atoms with Crippen LogP contribution in [0.1, 0.15) is 28.8 Å². The maximum absolute atomic E-state index is 14.1. The quantitative estimate of drug-likeness (QED) is 0.681. The van der Waals surface area contributed by atoms with Gasteiger partial charge in [-0.05, 0) is 49.2 Å². The Kier molecular flexibility index (Phi) is 4.84. The van der Waals surface area contributed by atoms with Gasteiger partial charge >= 0.3 is 0 Å². The molecular formula is C20H16FN3O2S. The second-order valence-corrected chi connectivity index (χ2v) is 7.33. The molecule has 4 rings (SSSR count). The molecule has 0 bridgehead atoms. The Morgan fingerprint density at radius 3 is 2.81 bits per heavy atom. The molecule has 1 fully saturated rings. The van der Waals surface area contributed by atoms with Gasteiger partial charge < -0.3 is 4.74 Å². The number of nitrogens with zero attached hydrogens (tertiary/aromatic N) is 3. The molecule has 1 saturated heterocycles. The van der Waals surface area contributed by atoms with Crippen LogP contribution in [0.5, 0.6) is 0 Å². The maximum Gasteiger partial charge on any atom is 0.260 e. The fourth-order valence-corrected chi connectivity index (χ4v) is 4.09. The molecule has 2 aromatic carbocycles. The molecule has 5 nitrogen and oxygen atoms in total. The van der Waals surface area contributed by atoms with Gasteiger partial charge in [0, 0.05) is 12.2 Å². The van der Waals surface area contributed by atoms with Crippen molar-refractivity contribution in [1.29, 1.82) is 5.26 Å². The largest absolute Gasteiger partial charge is 0.376 e. The van der Waals surface area contributed by atoms with Crippen LogP contribution >= 0.6 is 11.3 Å². The second-order valence-electron chi connectivity index (χ2n) is 6.32. The van der Waals surface area contributed by atoms with Gasteiger partial charge in [-0.15, -0.1) is 0 Å². The number of hydrogen-bond acceptors (Lipinski definition) is 5. The third-order valence-corrected chi connectivity index (χ3v) is 5.55. The highest BCUT2D eigenvalue weighted by molar-refractivity contribution is 7.22. The van der Waals surface area contributed by atoms with Crippen LogP contribution in [0, 0.1) is 17.1 Å². The molecular weight excluding hydrogens is 365 g/mol. The highest BCUT2D eigenvalue weighted by Crippen LogP contribution is 2.32. The van der Waals surface area contributed by atoms with Crippen molar-refractivity contribution in [3.63, 3.8) is 0 Å². The number of carbonyl (C=O) groups is 1. The van der Waals surface area contributed by atoms with Crippen molar-refractivity contribution in [2.45, 2.75) is 18.9 Å². The SMILES string of the molecule is N#Cc1ccc(C(=O)N(CC2CCCO2)c2nc3c(F)cccc3s2)cc1. The topological polar surface area (TPSA) is 66.2 Å². The number of para-hydroxylation sites is 1. The van der Waals surface area contributed by atoms with Gasteiger partial charge in [0.15, 0.2) is 5.13 Å². The third-order valence-electron chi connectivity index (χ3n) is 4.51. The normalized spacial score (nSPS) is 16.4. The van der Waals surface area contributed by atoms with Gasteiger partial charge in [-0.25, -0.2) is 9.37 Å². The van der Waals surface area contributed by atoms with E-state index in [-0.39, 0.29) is 17.5 Å². The van der Waals surface area contributed by atoms with Crippen LogP contribution in [-0.4, -0.2) is 30.1 Å². The number of fused-ring (bicyclic) bond motifs is 1. The number of rotatable bonds is 4. The van der Waals surface area contributed by atoms with Crippen molar-refractivity contribution >= 4 is 32.6 Å². The zero-order chi connectivity index (χ0) is 18.8. The summed E-state index contributed by atoms with van der Waals surface area (Å²) in [6.45, 7) is 1.04. The Balaban J connectivity index is 1.71. The second kappa shape index (κ2) is 7.43. The molecule has 0 spiro atoms. The van der Waals surface area contributed by atoms with Crippen molar-refractivity contribution in [3.8, 4) is 6.07 Å². The number of carbonyl (C=O) groups excluding carboxylic acids is 1. The summed E-state index contributed by atoms with van der Waals surface area (Å²) in [5, 5.41) is 9.39. The number of halogens is 1. The Hall–Kier alpha value is -2.82. The Labute approximate surface area is 159 Å². The summed E-state index contributed by atoms with van der Waals surface area (Å²) < 4.78 is 20.4. The number of nitriles is 1. The number of thiazole rings is 1. The number of anilines is 1. The van der Waals surface area contributed by atoms with E-state index in [4.69, 9.17) is 10.00 Å². The Morgan fingerprint density at radius 1 is 1.33 bits per heavy atom. The zero-order valence-corrected chi connectivity index (χ0v) is 15.2. The Bertz CT molecular complexity index is 1020. The fourth-order valence-electron chi connectivity index (χ4n) is 3.10. The van der Waals surface area contributed by atoms with Crippen LogP contribution in [0.2, 0.25) is 0 Å². The molecule has 27 heavy (non-hydrogen) atoms. The average molecular weight is 381 g/mol. The number of ether oxygens (including phenoxy) is 1. The molecule has 0 radical (unpaired) electrons. The molecule has 2 heterocycles. The first-order valence-corrected chi connectivity index (χ1v) is 9.46. The molecule has 136 valence electrons. The van der Waals surface area contributed by atoms with Gasteiger partial charge in [-0.1, -0.05) is 17.4 Å². The van der Waals surface area contributed by atoms with E-state index in [1.54, 1.807) is 41.3 Å². The van der Waals surface area contributed by atoms with Gasteiger partial charge in [-0.2, -0.15) is 5.26 Å². The van der Waals surface area contributed by atoms with Crippen LogP contribution in [0.15, 0.2) is 42.5 Å². The van der Waals surface area contributed by atoms with Crippen LogP contribution in [0.3, 0.4) is 0 Å². The molecule has 1 aliphatic rings. The van der Waals surface area contributed by atoms with E-state index in [0.29, 0.717) is 34.1 Å². The molecule has 0 saturated carbocycles. The van der Waals surface area contributed by atoms with E-state index >= 15 is 0 Å². The number of hydrogen-bond donors (Lipinski definition) is 0. The molecule has 1 atom stereocenters. The molecule has 1 aliphatic heterocycles. The molecule has 1 amide bonds. The average Bonchev–Trinajstić information content (AvgIpc) is 3.36. The van der Waals surface area contributed by atoms with Crippen LogP contribution in [-0.2, 0) is 4.74 Å². The summed E-state index contributed by atoms with van der Waals surface area (Å²) in [6.07, 6.45) is 1.76. The summed E-state index contributed by atoms with van der Waals surface area (Å²) >= 11 is 1.28. The molecule has 1 aromatic heterocycles. The van der Waals surface area contributed by atoms with E-state index in [1.807, 2.05) is 6.07 Å². The van der Waals surface area contributed by atoms with Gasteiger partial charge in [0.25, 0.3) is 5.91 Å². The van der Waals surface area contributed by atoms with Crippen molar-refractivity contribution < 1.29 is 13.9 Å². The van der Waals surface area contributed by atoms with E-state index in [9.17, 15) is 9.18 Å². The van der Waals surface area contributed by atoms with Crippen LogP contribution in [0.25, 0.3) is 10.2 Å². The standard InChI is InChI=1S/C20H16FN3O2S/c21-16-4-1-5-17-18(16)23-20(27-17)24(12-15-3-2-10-26-15)19(25)14-8-6-13(11-22)7-9-14/h1,4-9,15H,2-3,10,12H2. The summed E-state index contributed by atoms with van der Waals surface area (Å²) in [5.74, 6) is -0.646. The number of aromatic nitrogens is 1. The lowest BCUT2D eigenvalue weighted by molar-refractivity contribution is 0.0917. The van der Waals surface area contributed by atoms with Crippen LogP contribution in [0.4, 0.5) is 9.52 Å². The first-order chi connectivity index (χ1) is 13.2. The van der Waals surface area contributed by atoms with E-state index in [0.717, 1.165) is 12.8 Å². The summed E-state index contributed by atoms with van der Waals surface area (Å²) in [5.41, 5.74) is 1.20. The minimum Gasteiger partial charge on any atom is -0.376 e. The molecule has 0 aliphatic carbocycles. The summed E-state index contributed by atoms with van der Waals surface area (Å²) in [4.78, 5) is 19.1. The van der Waals surface area contributed by atoms with E-state index < -0.39 is 5.82 Å². The lowest BCUT2D eigenvalue weighted by Gasteiger charge is -2.23. The van der Waals surface area contributed by atoms with Crippen molar-refractivity contribution in [2.24, 2.45) is 0 Å². The van der Waals surface area contributed by atoms with Crippen molar-refractivity contribution in [3.05, 3.63) is 59.4 Å². The predicted octanol–water partition coefficient (Wildman–Crippen LogP) is 4.13. The monoisotopic (exact) mass is 381 g/mol. The smallest absolute Gasteiger partial charge is 0.260 e. The highest BCUT2D eigenvalue weighted by Gasteiger charge is 2.27. The lowest BCUT2D eigenvalue weighted by atomic mass is 10.1. The van der Waals surface area contributed by atoms with Gasteiger partial charge in [0.2, 0.25) is 0 Å². The van der Waals surface area contributed by atoms with Crippen molar-refractivity contribution in [1.82, 2.24) is 4.98 Å². The molecule has 3 aromatic rings. The van der Waals surface area contributed by atoms with E-state index in [2.05, 4.69) is 4.98 Å². The third kappa shape index (κ3) is 3.54. The summed E-state index contributed by atoms with van der Waals surface area (Å²) in [6, 6.07) is 13.3. The summed E-state index contributed by atoms with van der Waals surface area (Å²) in [7, 11) is 0. The van der Waals surface area contributed by atoms with Crippen molar-refractivity contribution in [2.75, 3.05) is 18.1 Å². The predicted molar refractivity (Wildman–Crippen MR) is 101 cm³/mol. The zero-order valence-electron chi connectivity index (χ0n) is 14.4. The first-order valence-electron chi connectivity index (χ1n) is 8.64. The minimum atomic E-state index is -0.405. The fraction of sp³-hybridized carbons (Fsp3) is 0.250. The first kappa shape index (κ1) is 17.6. The molecule has 7 heteroatoms. The van der Waals surface area contributed by atoms with Gasteiger partial charge in [0.05, 0.1) is 29.0 Å². The minimum absolute atomic E-state index is 0.0656. The maximum atomic E-state index is 14.1. The van der Waals surface area contributed by atoms with E-state index in [1.165, 1.54) is 17.4 Å². The molecule has 1 unspecified atom stereocenters. The number of amides is 1. The Morgan fingerprint density at radius 2 is 2.15 bits per heavy atom. The van der Waals surface area contributed by atoms with Gasteiger partial charge in [0.1, 0.15) is 11.3 Å². The lowest BCUT2D eigenvalue weighted by Crippen LogP contribution is -2.37. The molecule has 0 N–H and O–H groups in total. The number of benzene rings is 2. The highest BCUT2D eigenvalue weighted by atomic mass is 32.1. The van der Waals surface area contributed by atoms with Gasteiger partial charge in [-0.3, -0.25) is 9.69 Å². The van der Waals surface area contributed by atoms with Crippen LogP contribution < -0.4 is 4.90 Å².